The van der Waals surface area contributed by atoms with E-state index in [0.717, 1.165) is 12.1 Å². The summed E-state index contributed by atoms with van der Waals surface area (Å²) in [6.07, 6.45) is -4.14. The second kappa shape index (κ2) is 3.73. The monoisotopic (exact) mass is 220 g/mol. The number of alkyl halides is 3. The third-order valence-electron chi connectivity index (χ3n) is 1.38. The van der Waals surface area contributed by atoms with Gasteiger partial charge in [0.15, 0.2) is 0 Å². The molecule has 0 amide bonds. The van der Waals surface area contributed by atoms with Crippen molar-refractivity contribution >= 4 is 23.2 Å². The molecule has 0 bridgehead atoms. The molecule has 0 N–H and O–H groups in total. The Morgan fingerprint density at radius 2 is 2.07 bits per heavy atom. The third-order valence-corrected chi connectivity index (χ3v) is 1.47. The highest BCUT2D eigenvalue weighted by Gasteiger charge is 2.32. The lowest BCUT2D eigenvalue weighted by molar-refractivity contribution is -0.592. The first kappa shape index (κ1) is 10.6. The van der Waals surface area contributed by atoms with Crippen molar-refractivity contribution in [1.29, 1.82) is 0 Å². The van der Waals surface area contributed by atoms with Crippen LogP contribution in [0.3, 0.4) is 0 Å². The number of isothiocyanates is 1. The normalized spacial score (nSPS) is 10.8. The Morgan fingerprint density at radius 3 is 2.50 bits per heavy atom. The average Bonchev–Trinajstić information content (AvgIpc) is 2.07. The van der Waals surface area contributed by atoms with E-state index in [1.54, 1.807) is 0 Å². The predicted octanol–water partition coefficient (Wildman–Crippen LogP) is 2.07. The molecule has 0 saturated carbocycles. The lowest BCUT2D eigenvalue weighted by Gasteiger charge is -2.08. The van der Waals surface area contributed by atoms with E-state index in [1.807, 2.05) is 5.16 Å². The molecule has 14 heavy (non-hydrogen) atoms. The van der Waals surface area contributed by atoms with E-state index < -0.39 is 11.7 Å². The van der Waals surface area contributed by atoms with Gasteiger partial charge in [0, 0.05) is 23.3 Å². The highest BCUT2D eigenvalue weighted by Crippen LogP contribution is 2.28. The largest absolute Gasteiger partial charge is 0.710 e. The molecule has 7 heteroatoms. The maximum Gasteiger partial charge on any atom is 0.419 e. The fourth-order valence-electron chi connectivity index (χ4n) is 0.774. The van der Waals surface area contributed by atoms with Gasteiger partial charge < -0.3 is 5.21 Å². The number of hydrogen-bond acceptors (Lipinski definition) is 3. The lowest BCUT2D eigenvalue weighted by Crippen LogP contribution is -2.28. The van der Waals surface area contributed by atoms with Crippen LogP contribution in [0.15, 0.2) is 23.3 Å². The topological polar surface area (TPSA) is 39.3 Å². The fourth-order valence-corrected chi connectivity index (χ4v) is 0.868. The van der Waals surface area contributed by atoms with Gasteiger partial charge in [-0.05, 0) is 6.07 Å². The van der Waals surface area contributed by atoms with Crippen LogP contribution in [0.2, 0.25) is 0 Å². The molecule has 74 valence electrons. The number of aromatic nitrogens is 1. The van der Waals surface area contributed by atoms with Crippen molar-refractivity contribution in [3.8, 4) is 0 Å². The molecule has 0 saturated heterocycles. The van der Waals surface area contributed by atoms with Crippen molar-refractivity contribution in [1.82, 2.24) is 0 Å². The van der Waals surface area contributed by atoms with Crippen molar-refractivity contribution in [2.24, 2.45) is 4.99 Å². The fraction of sp³-hybridized carbons (Fsp3) is 0.143. The quantitative estimate of drug-likeness (QED) is 0.314. The van der Waals surface area contributed by atoms with Crippen LogP contribution in [0.1, 0.15) is 5.56 Å². The molecule has 1 heterocycles. The molecule has 0 fully saturated rings. The molecule has 0 aliphatic heterocycles. The summed E-state index contributed by atoms with van der Waals surface area (Å²) in [6.45, 7) is 0. The standard InChI is InChI=1S/C7H3F3N2OS/c8-7(9,10)5-1-2-6(11-4-14)12(13)3-5/h1-3H. The van der Waals surface area contributed by atoms with Gasteiger partial charge in [-0.15, -0.1) is 0 Å². The van der Waals surface area contributed by atoms with E-state index in [2.05, 4.69) is 17.2 Å². The van der Waals surface area contributed by atoms with Gasteiger partial charge in [-0.1, -0.05) is 0 Å². The molecule has 1 aromatic rings. The molecule has 0 radical (unpaired) electrons. The average molecular weight is 220 g/mol. The van der Waals surface area contributed by atoms with Crippen LogP contribution in [0.4, 0.5) is 19.0 Å². The predicted molar refractivity (Wildman–Crippen MR) is 45.1 cm³/mol. The van der Waals surface area contributed by atoms with Crippen LogP contribution in [-0.4, -0.2) is 5.16 Å². The first-order valence-corrected chi connectivity index (χ1v) is 3.74. The molecule has 1 aromatic heterocycles. The Bertz CT molecular complexity index is 398. The Kier molecular flexibility index (Phi) is 2.83. The molecular weight excluding hydrogens is 217 g/mol. The van der Waals surface area contributed by atoms with Crippen molar-refractivity contribution in [2.45, 2.75) is 6.18 Å². The molecule has 3 nitrogen and oxygen atoms in total. The molecule has 0 aliphatic carbocycles. The Hall–Kier alpha value is -1.46. The van der Waals surface area contributed by atoms with E-state index in [-0.39, 0.29) is 10.5 Å². The molecule has 0 aliphatic rings. The van der Waals surface area contributed by atoms with Crippen LogP contribution >= 0.6 is 12.2 Å². The van der Waals surface area contributed by atoms with Crippen molar-refractivity contribution in [3.05, 3.63) is 29.1 Å². The number of thiocarbonyl (C=S) groups is 1. The maximum absolute atomic E-state index is 12.1. The number of nitrogens with zero attached hydrogens (tertiary/aromatic N) is 2. The summed E-state index contributed by atoms with van der Waals surface area (Å²) < 4.78 is 36.2. The van der Waals surface area contributed by atoms with Gasteiger partial charge in [0.05, 0.1) is 5.56 Å². The number of pyridine rings is 1. The van der Waals surface area contributed by atoms with Crippen molar-refractivity contribution < 1.29 is 17.9 Å². The van der Waals surface area contributed by atoms with Gasteiger partial charge >= 0.3 is 12.0 Å². The lowest BCUT2D eigenvalue weighted by atomic mass is 10.3. The summed E-state index contributed by atoms with van der Waals surface area (Å²) in [6, 6.07) is 1.68. The van der Waals surface area contributed by atoms with E-state index >= 15 is 0 Å². The van der Waals surface area contributed by atoms with E-state index in [1.165, 1.54) is 0 Å². The minimum atomic E-state index is -4.54. The van der Waals surface area contributed by atoms with Crippen LogP contribution in [0.25, 0.3) is 0 Å². The summed E-state index contributed by atoms with van der Waals surface area (Å²) in [5.41, 5.74) is -1.03. The zero-order valence-corrected chi connectivity index (χ0v) is 7.39. The first-order valence-electron chi connectivity index (χ1n) is 3.33. The van der Waals surface area contributed by atoms with Gasteiger partial charge in [0.2, 0.25) is 5.16 Å². The number of rotatable bonds is 1. The molecular formula is C7H3F3N2OS. The molecule has 0 atom stereocenters. The van der Waals surface area contributed by atoms with Gasteiger partial charge in [0.25, 0.3) is 0 Å². The van der Waals surface area contributed by atoms with Gasteiger partial charge in [-0.3, -0.25) is 0 Å². The van der Waals surface area contributed by atoms with E-state index in [4.69, 9.17) is 0 Å². The van der Waals surface area contributed by atoms with E-state index in [9.17, 15) is 18.4 Å². The van der Waals surface area contributed by atoms with Crippen LogP contribution in [-0.2, 0) is 6.18 Å². The number of aliphatic imine (C=N–C) groups is 1. The first-order chi connectivity index (χ1) is 6.45. The molecule has 0 unspecified atom stereocenters. The SMILES string of the molecule is [O-][n+]1cc(C(F)(F)F)ccc1N=C=S. The molecule has 0 spiro atoms. The zero-order chi connectivity index (χ0) is 10.8. The minimum absolute atomic E-state index is 0.0118. The summed E-state index contributed by atoms with van der Waals surface area (Å²) in [4.78, 5) is 3.28. The van der Waals surface area contributed by atoms with Crippen molar-refractivity contribution in [2.75, 3.05) is 0 Å². The van der Waals surface area contributed by atoms with Crippen LogP contribution < -0.4 is 4.73 Å². The highest BCUT2D eigenvalue weighted by molar-refractivity contribution is 7.78. The molecule has 0 aromatic carbocycles. The van der Waals surface area contributed by atoms with Crippen LogP contribution in [0.5, 0.6) is 0 Å². The third kappa shape index (κ3) is 2.27. The maximum atomic E-state index is 12.1. The number of hydrogen-bond donors (Lipinski definition) is 0. The van der Waals surface area contributed by atoms with E-state index in [0.29, 0.717) is 6.20 Å². The summed E-state index contributed by atoms with van der Waals surface area (Å²) in [7, 11) is 0. The Morgan fingerprint density at radius 1 is 1.43 bits per heavy atom. The van der Waals surface area contributed by atoms with Gasteiger partial charge in [-0.25, -0.2) is 4.73 Å². The second-order valence-corrected chi connectivity index (χ2v) is 2.49. The Balaban J connectivity index is 3.19. The van der Waals surface area contributed by atoms with Crippen LogP contribution in [0, 0.1) is 5.21 Å². The highest BCUT2D eigenvalue weighted by atomic mass is 32.1. The summed E-state index contributed by atoms with van der Waals surface area (Å²) in [5, 5.41) is 12.8. The summed E-state index contributed by atoms with van der Waals surface area (Å²) in [5.74, 6) is -0.229. The minimum Gasteiger partial charge on any atom is -0.710 e. The van der Waals surface area contributed by atoms with Gasteiger partial charge in [-0.2, -0.15) is 13.2 Å². The smallest absolute Gasteiger partial charge is 0.419 e. The summed E-state index contributed by atoms with van der Waals surface area (Å²) >= 11 is 4.21. The zero-order valence-electron chi connectivity index (χ0n) is 6.58. The number of halogens is 3. The van der Waals surface area contributed by atoms with Crippen molar-refractivity contribution in [3.63, 3.8) is 0 Å². The second-order valence-electron chi connectivity index (χ2n) is 2.30. The molecule has 1 rings (SSSR count). The van der Waals surface area contributed by atoms with Gasteiger partial charge in [0.1, 0.15) is 6.20 Å². The Labute approximate surface area is 82.1 Å².